The molecule has 0 bridgehead atoms. The minimum absolute atomic E-state index is 0.0244. The Morgan fingerprint density at radius 3 is 2.76 bits per heavy atom. The van der Waals surface area contributed by atoms with Crippen LogP contribution in [0.25, 0.3) is 0 Å². The number of hydrogen-bond acceptors (Lipinski definition) is 3. The highest BCUT2D eigenvalue weighted by Crippen LogP contribution is 2.28. The molecule has 2 aliphatic heterocycles. The molecule has 2 aliphatic rings. The Morgan fingerprint density at radius 1 is 1.29 bits per heavy atom. The normalized spacial score (nSPS) is 23.6. The lowest BCUT2D eigenvalue weighted by Crippen LogP contribution is -2.50. The lowest BCUT2D eigenvalue weighted by atomic mass is 10.1. The van der Waals surface area contributed by atoms with Gasteiger partial charge in [-0.25, -0.2) is 0 Å². The molecule has 5 nitrogen and oxygen atoms in total. The molecule has 0 radical (unpaired) electrons. The third-order valence-electron chi connectivity index (χ3n) is 4.33. The third kappa shape index (κ3) is 2.48. The number of fused-ring (bicyclic) bond motifs is 1. The van der Waals surface area contributed by atoms with Crippen molar-refractivity contribution in [1.29, 1.82) is 0 Å². The summed E-state index contributed by atoms with van der Waals surface area (Å²) in [5.74, 6) is 0.0697. The Labute approximate surface area is 124 Å². The minimum Gasteiger partial charge on any atom is -0.373 e. The number of rotatable bonds is 2. The van der Waals surface area contributed by atoms with Gasteiger partial charge >= 0.3 is 0 Å². The minimum atomic E-state index is -0.294. The average Bonchev–Trinajstić information content (AvgIpc) is 3.11. The van der Waals surface area contributed by atoms with Crippen LogP contribution in [0.5, 0.6) is 0 Å². The maximum Gasteiger partial charge on any atom is 0.246 e. The van der Waals surface area contributed by atoms with Crippen LogP contribution >= 0.6 is 0 Å². The Bertz CT molecular complexity index is 545. The summed E-state index contributed by atoms with van der Waals surface area (Å²) >= 11 is 0. The summed E-state index contributed by atoms with van der Waals surface area (Å²) in [6, 6.07) is 7.46. The quantitative estimate of drug-likeness (QED) is 0.886. The van der Waals surface area contributed by atoms with Crippen LogP contribution < -0.4 is 5.32 Å². The van der Waals surface area contributed by atoms with Crippen molar-refractivity contribution < 1.29 is 9.59 Å². The van der Waals surface area contributed by atoms with Crippen LogP contribution in [-0.4, -0.2) is 54.3 Å². The molecule has 112 valence electrons. The SMILES string of the molecule is CN(C)C(=O)C1CCCN1C(=O)[C@@H]1Cc2ccccc2N1. The van der Waals surface area contributed by atoms with Crippen molar-refractivity contribution in [2.45, 2.75) is 31.3 Å². The third-order valence-corrected chi connectivity index (χ3v) is 4.33. The molecule has 0 spiro atoms. The van der Waals surface area contributed by atoms with E-state index in [0.29, 0.717) is 13.0 Å². The summed E-state index contributed by atoms with van der Waals surface area (Å²) < 4.78 is 0. The molecular weight excluding hydrogens is 266 g/mol. The Morgan fingerprint density at radius 2 is 2.05 bits per heavy atom. The summed E-state index contributed by atoms with van der Waals surface area (Å²) in [5, 5.41) is 3.28. The van der Waals surface area contributed by atoms with E-state index < -0.39 is 0 Å². The number of hydrogen-bond donors (Lipinski definition) is 1. The van der Waals surface area contributed by atoms with Gasteiger partial charge in [0.15, 0.2) is 0 Å². The number of amides is 2. The molecule has 1 N–H and O–H groups in total. The second-order valence-corrected chi connectivity index (χ2v) is 5.98. The first kappa shape index (κ1) is 13.9. The van der Waals surface area contributed by atoms with Crippen LogP contribution in [0, 0.1) is 0 Å². The second kappa shape index (κ2) is 5.39. The van der Waals surface area contributed by atoms with E-state index in [1.54, 1.807) is 23.9 Å². The van der Waals surface area contributed by atoms with Crippen LogP contribution in [-0.2, 0) is 16.0 Å². The van der Waals surface area contributed by atoms with E-state index in [4.69, 9.17) is 0 Å². The van der Waals surface area contributed by atoms with E-state index in [0.717, 1.165) is 18.5 Å². The number of benzene rings is 1. The summed E-state index contributed by atoms with van der Waals surface area (Å²) in [5.41, 5.74) is 2.20. The number of anilines is 1. The van der Waals surface area contributed by atoms with Gasteiger partial charge in [-0.3, -0.25) is 9.59 Å². The summed E-state index contributed by atoms with van der Waals surface area (Å²) in [4.78, 5) is 28.3. The maximum atomic E-state index is 12.7. The maximum absolute atomic E-state index is 12.7. The van der Waals surface area contributed by atoms with Gasteiger partial charge < -0.3 is 15.1 Å². The Hall–Kier alpha value is -2.04. The van der Waals surface area contributed by atoms with Crippen LogP contribution in [0.2, 0.25) is 0 Å². The van der Waals surface area contributed by atoms with E-state index in [-0.39, 0.29) is 23.9 Å². The molecule has 1 aromatic carbocycles. The Kier molecular flexibility index (Phi) is 3.57. The number of likely N-dealkylation sites (N-methyl/N-ethyl adjacent to an activating group) is 1. The molecular formula is C16H21N3O2. The average molecular weight is 287 g/mol. The van der Waals surface area contributed by atoms with Gasteiger partial charge in [-0.15, -0.1) is 0 Å². The number of nitrogens with one attached hydrogen (secondary N) is 1. The van der Waals surface area contributed by atoms with Crippen molar-refractivity contribution >= 4 is 17.5 Å². The lowest BCUT2D eigenvalue weighted by Gasteiger charge is -2.28. The zero-order chi connectivity index (χ0) is 15.0. The molecule has 1 unspecified atom stereocenters. The highest BCUT2D eigenvalue weighted by molar-refractivity contribution is 5.92. The van der Waals surface area contributed by atoms with Gasteiger partial charge in [0, 0.05) is 32.7 Å². The van der Waals surface area contributed by atoms with Gasteiger partial charge in [-0.2, -0.15) is 0 Å². The first-order valence-corrected chi connectivity index (χ1v) is 7.44. The molecule has 2 atom stereocenters. The zero-order valence-corrected chi connectivity index (χ0v) is 12.5. The first-order chi connectivity index (χ1) is 10.1. The van der Waals surface area contributed by atoms with Gasteiger partial charge in [0.1, 0.15) is 12.1 Å². The fourth-order valence-corrected chi connectivity index (χ4v) is 3.23. The summed E-state index contributed by atoms with van der Waals surface area (Å²) in [6.45, 7) is 0.678. The predicted octanol–water partition coefficient (Wildman–Crippen LogP) is 1.10. The van der Waals surface area contributed by atoms with Crippen LogP contribution in [0.4, 0.5) is 5.69 Å². The molecule has 2 heterocycles. The molecule has 3 rings (SSSR count). The van der Waals surface area contributed by atoms with E-state index in [2.05, 4.69) is 5.32 Å². The Balaban J connectivity index is 1.73. The fourth-order valence-electron chi connectivity index (χ4n) is 3.23. The molecule has 5 heteroatoms. The van der Waals surface area contributed by atoms with Gasteiger partial charge in [-0.1, -0.05) is 18.2 Å². The van der Waals surface area contributed by atoms with E-state index in [9.17, 15) is 9.59 Å². The van der Waals surface area contributed by atoms with Crippen molar-refractivity contribution in [3.05, 3.63) is 29.8 Å². The lowest BCUT2D eigenvalue weighted by molar-refractivity contribution is -0.142. The van der Waals surface area contributed by atoms with E-state index in [1.807, 2.05) is 24.3 Å². The topological polar surface area (TPSA) is 52.7 Å². The number of likely N-dealkylation sites (tertiary alicyclic amines) is 1. The highest BCUT2D eigenvalue weighted by atomic mass is 16.2. The molecule has 21 heavy (non-hydrogen) atoms. The molecule has 0 aliphatic carbocycles. The summed E-state index contributed by atoms with van der Waals surface area (Å²) in [7, 11) is 3.49. The van der Waals surface area contributed by atoms with Gasteiger partial charge in [0.2, 0.25) is 11.8 Å². The van der Waals surface area contributed by atoms with Crippen molar-refractivity contribution in [2.24, 2.45) is 0 Å². The number of nitrogens with zero attached hydrogens (tertiary/aromatic N) is 2. The number of para-hydroxylation sites is 1. The zero-order valence-electron chi connectivity index (χ0n) is 12.5. The number of carbonyl (C=O) groups excluding carboxylic acids is 2. The standard InChI is InChI=1S/C16H21N3O2/c1-18(2)16(21)14-8-5-9-19(14)15(20)13-10-11-6-3-4-7-12(11)17-13/h3-4,6-7,13-14,17H,5,8-10H2,1-2H3/t13-,14?/m0/s1. The van der Waals surface area contributed by atoms with Crippen molar-refractivity contribution in [3.8, 4) is 0 Å². The predicted molar refractivity (Wildman–Crippen MR) is 81.0 cm³/mol. The highest BCUT2D eigenvalue weighted by Gasteiger charge is 2.39. The fraction of sp³-hybridized carbons (Fsp3) is 0.500. The molecule has 0 aromatic heterocycles. The first-order valence-electron chi connectivity index (χ1n) is 7.44. The molecule has 0 saturated carbocycles. The van der Waals surface area contributed by atoms with Crippen molar-refractivity contribution in [3.63, 3.8) is 0 Å². The van der Waals surface area contributed by atoms with Gasteiger partial charge in [0.05, 0.1) is 0 Å². The second-order valence-electron chi connectivity index (χ2n) is 5.98. The molecule has 1 aromatic rings. The van der Waals surface area contributed by atoms with Crippen molar-refractivity contribution in [1.82, 2.24) is 9.80 Å². The van der Waals surface area contributed by atoms with Gasteiger partial charge in [0.25, 0.3) is 0 Å². The van der Waals surface area contributed by atoms with Crippen LogP contribution in [0.3, 0.4) is 0 Å². The monoisotopic (exact) mass is 287 g/mol. The van der Waals surface area contributed by atoms with Crippen molar-refractivity contribution in [2.75, 3.05) is 26.0 Å². The van der Waals surface area contributed by atoms with Crippen LogP contribution in [0.15, 0.2) is 24.3 Å². The molecule has 1 saturated heterocycles. The summed E-state index contributed by atoms with van der Waals surface area (Å²) in [6.07, 6.45) is 2.37. The van der Waals surface area contributed by atoms with E-state index >= 15 is 0 Å². The smallest absolute Gasteiger partial charge is 0.246 e. The van der Waals surface area contributed by atoms with E-state index in [1.165, 1.54) is 5.56 Å². The van der Waals surface area contributed by atoms with Gasteiger partial charge in [-0.05, 0) is 24.5 Å². The molecule has 2 amide bonds. The van der Waals surface area contributed by atoms with Crippen LogP contribution in [0.1, 0.15) is 18.4 Å². The largest absolute Gasteiger partial charge is 0.373 e. The number of carbonyl (C=O) groups is 2. The molecule has 1 fully saturated rings.